The maximum Gasteiger partial charge on any atom is 0.264 e. The molecule has 0 aromatic heterocycles. The Morgan fingerprint density at radius 2 is 1.51 bits per heavy atom. The fourth-order valence-corrected chi connectivity index (χ4v) is 5.43. The van der Waals surface area contributed by atoms with Crippen LogP contribution in [0, 0.1) is 13.8 Å². The van der Waals surface area contributed by atoms with Gasteiger partial charge in [0, 0.05) is 10.0 Å². The topological polar surface area (TPSA) is 75.7 Å². The molecular weight excluding hydrogens is 531 g/mol. The van der Waals surface area contributed by atoms with E-state index in [2.05, 4.69) is 5.32 Å². The van der Waals surface area contributed by atoms with E-state index in [0.29, 0.717) is 38.5 Å². The summed E-state index contributed by atoms with van der Waals surface area (Å²) in [7, 11) is -4.11. The third-order valence-corrected chi connectivity index (χ3v) is 7.77. The van der Waals surface area contributed by atoms with Gasteiger partial charge in [-0.1, -0.05) is 65.2 Å². The van der Waals surface area contributed by atoms with Gasteiger partial charge in [0.05, 0.1) is 16.3 Å². The lowest BCUT2D eigenvalue weighted by Gasteiger charge is -2.26. The largest absolute Gasteiger partial charge is 0.455 e. The molecule has 4 aromatic carbocycles. The fraction of sp³-hybridized carbons (Fsp3) is 0.107. The number of para-hydroxylation sites is 1. The van der Waals surface area contributed by atoms with Crippen LogP contribution in [0.15, 0.2) is 95.9 Å². The number of carbonyl (C=O) groups excluding carboxylic acids is 1. The number of nitrogens with one attached hydrogen (secondary N) is 1. The number of carbonyl (C=O) groups is 1. The minimum atomic E-state index is -4.11. The Bertz CT molecular complexity index is 1530. The molecule has 0 aliphatic heterocycles. The summed E-state index contributed by atoms with van der Waals surface area (Å²) in [5, 5.41) is 3.48. The molecule has 37 heavy (non-hydrogen) atoms. The van der Waals surface area contributed by atoms with Gasteiger partial charge in [-0.15, -0.1) is 0 Å². The normalized spacial score (nSPS) is 11.1. The minimum Gasteiger partial charge on any atom is -0.455 e. The van der Waals surface area contributed by atoms with E-state index >= 15 is 0 Å². The van der Waals surface area contributed by atoms with E-state index < -0.39 is 22.5 Å². The third kappa shape index (κ3) is 6.43. The number of ether oxygens (including phenoxy) is 1. The lowest BCUT2D eigenvalue weighted by Crippen LogP contribution is -2.38. The molecule has 4 aromatic rings. The fourth-order valence-electron chi connectivity index (χ4n) is 3.61. The first-order valence-corrected chi connectivity index (χ1v) is 13.5. The quantitative estimate of drug-likeness (QED) is 0.249. The molecule has 0 saturated carbocycles. The highest BCUT2D eigenvalue weighted by molar-refractivity contribution is 7.92. The zero-order chi connectivity index (χ0) is 26.6. The number of nitrogens with zero attached hydrogens (tertiary/aromatic N) is 1. The second-order valence-electron chi connectivity index (χ2n) is 8.36. The van der Waals surface area contributed by atoms with Crippen molar-refractivity contribution in [2.45, 2.75) is 18.7 Å². The summed E-state index contributed by atoms with van der Waals surface area (Å²) in [4.78, 5) is 13.3. The Labute approximate surface area is 226 Å². The van der Waals surface area contributed by atoms with Crippen molar-refractivity contribution in [3.63, 3.8) is 0 Å². The van der Waals surface area contributed by atoms with E-state index in [1.54, 1.807) is 61.5 Å². The highest BCUT2D eigenvalue weighted by atomic mass is 35.5. The first-order valence-electron chi connectivity index (χ1n) is 11.3. The molecule has 0 aliphatic carbocycles. The van der Waals surface area contributed by atoms with Gasteiger partial charge in [0.2, 0.25) is 5.91 Å². The summed E-state index contributed by atoms with van der Waals surface area (Å²) in [6.45, 7) is 3.11. The van der Waals surface area contributed by atoms with Gasteiger partial charge in [0.15, 0.2) is 5.75 Å². The number of hydrogen-bond acceptors (Lipinski definition) is 4. The van der Waals surface area contributed by atoms with Crippen LogP contribution in [0.25, 0.3) is 0 Å². The molecule has 4 rings (SSSR count). The highest BCUT2D eigenvalue weighted by Gasteiger charge is 2.29. The first kappa shape index (κ1) is 26.5. The maximum atomic E-state index is 13.7. The van der Waals surface area contributed by atoms with E-state index in [-0.39, 0.29) is 4.90 Å². The number of rotatable bonds is 8. The van der Waals surface area contributed by atoms with Gasteiger partial charge < -0.3 is 10.1 Å². The average Bonchev–Trinajstić information content (AvgIpc) is 2.86. The first-order chi connectivity index (χ1) is 17.6. The zero-order valence-corrected chi connectivity index (χ0v) is 22.4. The minimum absolute atomic E-state index is 0.0566. The summed E-state index contributed by atoms with van der Waals surface area (Å²) < 4.78 is 34.4. The second-order valence-corrected chi connectivity index (χ2v) is 11.1. The Morgan fingerprint density at radius 1 is 0.865 bits per heavy atom. The summed E-state index contributed by atoms with van der Waals surface area (Å²) in [6, 6.07) is 25.2. The van der Waals surface area contributed by atoms with E-state index in [0.717, 1.165) is 9.87 Å². The van der Waals surface area contributed by atoms with Gasteiger partial charge in [0.1, 0.15) is 12.3 Å². The Balaban J connectivity index is 1.68. The molecule has 6 nitrogen and oxygen atoms in total. The van der Waals surface area contributed by atoms with Crippen LogP contribution < -0.4 is 14.4 Å². The van der Waals surface area contributed by atoms with Crippen LogP contribution in [0.1, 0.15) is 11.1 Å². The summed E-state index contributed by atoms with van der Waals surface area (Å²) in [6.07, 6.45) is 0. The standard InChI is InChI=1S/C28H24Cl2N2O4S/c1-19-8-13-24(14-9-19)37(34,35)32(26-17-22(30)11-10-20(26)2)18-28(33)31-25-16-21(29)12-15-27(25)36-23-6-4-3-5-7-23/h3-17H,18H2,1-2H3,(H,31,33). The molecule has 0 bridgehead atoms. The molecule has 190 valence electrons. The molecule has 1 amide bonds. The smallest absolute Gasteiger partial charge is 0.264 e. The van der Waals surface area contributed by atoms with Gasteiger partial charge in [-0.25, -0.2) is 8.42 Å². The predicted molar refractivity (Wildman–Crippen MR) is 148 cm³/mol. The molecular formula is C28H24Cl2N2O4S. The lowest BCUT2D eigenvalue weighted by atomic mass is 10.2. The van der Waals surface area contributed by atoms with Gasteiger partial charge in [-0.05, 0) is 74.0 Å². The van der Waals surface area contributed by atoms with E-state index in [4.69, 9.17) is 27.9 Å². The molecule has 0 fully saturated rings. The monoisotopic (exact) mass is 554 g/mol. The van der Waals surface area contributed by atoms with Crippen LogP contribution in [-0.4, -0.2) is 20.9 Å². The molecule has 0 atom stereocenters. The zero-order valence-electron chi connectivity index (χ0n) is 20.1. The average molecular weight is 555 g/mol. The van der Waals surface area contributed by atoms with Crippen molar-refractivity contribution in [3.8, 4) is 11.5 Å². The van der Waals surface area contributed by atoms with Crippen LogP contribution in [0.3, 0.4) is 0 Å². The number of sulfonamides is 1. The van der Waals surface area contributed by atoms with Gasteiger partial charge in [-0.3, -0.25) is 9.10 Å². The summed E-state index contributed by atoms with van der Waals surface area (Å²) in [5.74, 6) is 0.338. The SMILES string of the molecule is Cc1ccc(S(=O)(=O)N(CC(=O)Nc2cc(Cl)ccc2Oc2ccccc2)c2cc(Cl)ccc2C)cc1. The summed E-state index contributed by atoms with van der Waals surface area (Å²) in [5.41, 5.74) is 2.16. The molecule has 0 spiro atoms. The van der Waals surface area contributed by atoms with Crippen molar-refractivity contribution in [1.82, 2.24) is 0 Å². The number of amides is 1. The Kier molecular flexibility index (Phi) is 8.07. The molecule has 0 unspecified atom stereocenters. The number of benzene rings is 4. The molecule has 9 heteroatoms. The summed E-state index contributed by atoms with van der Waals surface area (Å²) >= 11 is 12.4. The van der Waals surface area contributed by atoms with Crippen molar-refractivity contribution in [1.29, 1.82) is 0 Å². The van der Waals surface area contributed by atoms with Crippen LogP contribution in [0.4, 0.5) is 11.4 Å². The van der Waals surface area contributed by atoms with Crippen LogP contribution >= 0.6 is 23.2 Å². The lowest BCUT2D eigenvalue weighted by molar-refractivity contribution is -0.114. The van der Waals surface area contributed by atoms with Gasteiger partial charge in [0.25, 0.3) is 10.0 Å². The molecule has 0 radical (unpaired) electrons. The van der Waals surface area contributed by atoms with E-state index in [9.17, 15) is 13.2 Å². The maximum absolute atomic E-state index is 13.7. The van der Waals surface area contributed by atoms with Gasteiger partial charge >= 0.3 is 0 Å². The van der Waals surface area contributed by atoms with E-state index in [1.165, 1.54) is 18.2 Å². The number of hydrogen-bond donors (Lipinski definition) is 1. The Morgan fingerprint density at radius 3 is 2.22 bits per heavy atom. The van der Waals surface area contributed by atoms with Gasteiger partial charge in [-0.2, -0.15) is 0 Å². The molecule has 0 aliphatic rings. The predicted octanol–water partition coefficient (Wildman–Crippen LogP) is 7.24. The molecule has 0 heterocycles. The third-order valence-electron chi connectivity index (χ3n) is 5.52. The number of halogens is 2. The van der Waals surface area contributed by atoms with E-state index in [1.807, 2.05) is 25.1 Å². The molecule has 1 N–H and O–H groups in total. The van der Waals surface area contributed by atoms with Crippen LogP contribution in [0.5, 0.6) is 11.5 Å². The highest BCUT2D eigenvalue weighted by Crippen LogP contribution is 2.33. The number of anilines is 2. The van der Waals surface area contributed by atoms with Crippen molar-refractivity contribution < 1.29 is 17.9 Å². The molecule has 0 saturated heterocycles. The van der Waals surface area contributed by atoms with Crippen LogP contribution in [-0.2, 0) is 14.8 Å². The van der Waals surface area contributed by atoms with Crippen molar-refractivity contribution >= 4 is 50.5 Å². The van der Waals surface area contributed by atoms with Crippen molar-refractivity contribution in [2.75, 3.05) is 16.2 Å². The second kappa shape index (κ2) is 11.3. The van der Waals surface area contributed by atoms with Crippen molar-refractivity contribution in [2.24, 2.45) is 0 Å². The number of aryl methyl sites for hydroxylation is 2. The Hall–Kier alpha value is -3.52. The van der Waals surface area contributed by atoms with Crippen LogP contribution in [0.2, 0.25) is 10.0 Å². The van der Waals surface area contributed by atoms with Crippen molar-refractivity contribution in [3.05, 3.63) is 112 Å².